The third-order valence-corrected chi connectivity index (χ3v) is 4.27. The van der Waals surface area contributed by atoms with Gasteiger partial charge in [0.15, 0.2) is 0 Å². The molecule has 1 saturated heterocycles. The van der Waals surface area contributed by atoms with E-state index in [2.05, 4.69) is 61.0 Å². The van der Waals surface area contributed by atoms with Crippen LogP contribution < -0.4 is 10.5 Å². The third kappa shape index (κ3) is 3.64. The normalized spacial score (nSPS) is 15.7. The molecule has 0 atom stereocenters. The third-order valence-electron chi connectivity index (χ3n) is 4.27. The van der Waals surface area contributed by atoms with Crippen molar-refractivity contribution in [3.8, 4) is 11.3 Å². The Morgan fingerprint density at radius 1 is 1.04 bits per heavy atom. The first-order chi connectivity index (χ1) is 10.9. The monoisotopic (exact) mass is 312 g/mol. The number of morpholine rings is 1. The molecular weight excluding hydrogens is 288 g/mol. The first-order valence-corrected chi connectivity index (χ1v) is 8.11. The highest BCUT2D eigenvalue weighted by Crippen LogP contribution is 2.26. The molecule has 0 spiro atoms. The van der Waals surface area contributed by atoms with Gasteiger partial charge in [-0.25, -0.2) is 0 Å². The molecule has 1 aromatic heterocycles. The number of benzene rings is 1. The van der Waals surface area contributed by atoms with E-state index in [1.54, 1.807) is 6.07 Å². The first kappa shape index (κ1) is 15.8. The van der Waals surface area contributed by atoms with Gasteiger partial charge in [-0.15, -0.1) is 0 Å². The molecule has 2 aromatic rings. The molecule has 2 heterocycles. The van der Waals surface area contributed by atoms with Crippen LogP contribution >= 0.6 is 0 Å². The Balaban J connectivity index is 1.93. The minimum Gasteiger partial charge on any atom is -0.378 e. The van der Waals surface area contributed by atoms with E-state index in [9.17, 15) is 4.79 Å². The van der Waals surface area contributed by atoms with Crippen LogP contribution in [0.25, 0.3) is 11.3 Å². The van der Waals surface area contributed by atoms with Crippen molar-refractivity contribution in [3.05, 3.63) is 52.3 Å². The summed E-state index contributed by atoms with van der Waals surface area (Å²) in [5.41, 5.74) is 4.20. The van der Waals surface area contributed by atoms with Crippen molar-refractivity contribution in [1.82, 2.24) is 4.98 Å². The molecule has 0 radical (unpaired) electrons. The fraction of sp³-hybridized carbons (Fsp3) is 0.421. The quantitative estimate of drug-likeness (QED) is 0.926. The summed E-state index contributed by atoms with van der Waals surface area (Å²) in [4.78, 5) is 17.2. The van der Waals surface area contributed by atoms with Crippen LogP contribution in [0.1, 0.15) is 26.3 Å². The van der Waals surface area contributed by atoms with Gasteiger partial charge < -0.3 is 14.6 Å². The van der Waals surface area contributed by atoms with Gasteiger partial charge >= 0.3 is 0 Å². The number of nitrogens with one attached hydrogen (secondary N) is 1. The summed E-state index contributed by atoms with van der Waals surface area (Å²) in [7, 11) is 0. The number of hydrogen-bond acceptors (Lipinski definition) is 3. The van der Waals surface area contributed by atoms with E-state index >= 15 is 0 Å². The lowest BCUT2D eigenvalue weighted by atomic mass is 9.86. The van der Waals surface area contributed by atoms with E-state index in [-0.39, 0.29) is 11.0 Å². The number of pyridine rings is 1. The van der Waals surface area contributed by atoms with Gasteiger partial charge in [0.25, 0.3) is 0 Å². The minimum absolute atomic E-state index is 0.0658. The van der Waals surface area contributed by atoms with Crippen molar-refractivity contribution in [3.63, 3.8) is 0 Å². The van der Waals surface area contributed by atoms with Crippen molar-refractivity contribution in [2.45, 2.75) is 26.2 Å². The van der Waals surface area contributed by atoms with Gasteiger partial charge in [0.2, 0.25) is 5.56 Å². The van der Waals surface area contributed by atoms with Crippen molar-refractivity contribution >= 4 is 5.69 Å². The lowest BCUT2D eigenvalue weighted by Gasteiger charge is -2.29. The van der Waals surface area contributed by atoms with E-state index < -0.39 is 0 Å². The minimum atomic E-state index is -0.0658. The molecule has 23 heavy (non-hydrogen) atoms. The van der Waals surface area contributed by atoms with E-state index in [0.29, 0.717) is 13.2 Å². The Labute approximate surface area is 137 Å². The Kier molecular flexibility index (Phi) is 4.26. The summed E-state index contributed by atoms with van der Waals surface area (Å²) in [5, 5.41) is 0. The number of anilines is 1. The number of aromatic nitrogens is 1. The highest BCUT2D eigenvalue weighted by molar-refractivity contribution is 5.65. The molecule has 0 saturated carbocycles. The van der Waals surface area contributed by atoms with Gasteiger partial charge in [-0.2, -0.15) is 0 Å². The Bertz CT molecular complexity index is 720. The van der Waals surface area contributed by atoms with Crippen molar-refractivity contribution in [1.29, 1.82) is 0 Å². The maximum Gasteiger partial charge on any atom is 0.250 e. The smallest absolute Gasteiger partial charge is 0.250 e. The molecule has 1 N–H and O–H groups in total. The van der Waals surface area contributed by atoms with E-state index in [1.807, 2.05) is 0 Å². The van der Waals surface area contributed by atoms with Crippen molar-refractivity contribution in [2.75, 3.05) is 31.2 Å². The topological polar surface area (TPSA) is 45.3 Å². The van der Waals surface area contributed by atoms with Crippen LogP contribution in [0.4, 0.5) is 5.69 Å². The zero-order chi connectivity index (χ0) is 16.4. The zero-order valence-corrected chi connectivity index (χ0v) is 14.1. The average molecular weight is 312 g/mol. The van der Waals surface area contributed by atoms with Crippen LogP contribution in [0.3, 0.4) is 0 Å². The average Bonchev–Trinajstić information content (AvgIpc) is 2.54. The molecule has 122 valence electrons. The Morgan fingerprint density at radius 2 is 1.70 bits per heavy atom. The Hall–Kier alpha value is -2.07. The number of hydrogen-bond donors (Lipinski definition) is 1. The van der Waals surface area contributed by atoms with Crippen LogP contribution in [-0.4, -0.2) is 31.3 Å². The molecule has 1 aromatic carbocycles. The van der Waals surface area contributed by atoms with Crippen LogP contribution in [0.5, 0.6) is 0 Å². The van der Waals surface area contributed by atoms with Gasteiger partial charge in [0.05, 0.1) is 18.9 Å². The van der Waals surface area contributed by atoms with E-state index in [1.165, 1.54) is 5.56 Å². The molecule has 0 unspecified atom stereocenters. The van der Waals surface area contributed by atoms with E-state index in [4.69, 9.17) is 4.74 Å². The molecule has 1 aliphatic heterocycles. The van der Waals surface area contributed by atoms with Crippen LogP contribution in [0, 0.1) is 0 Å². The number of H-pyrrole nitrogens is 1. The van der Waals surface area contributed by atoms with Gasteiger partial charge in [-0.05, 0) is 22.6 Å². The summed E-state index contributed by atoms with van der Waals surface area (Å²) in [6, 6.07) is 12.1. The van der Waals surface area contributed by atoms with Gasteiger partial charge in [0, 0.05) is 24.8 Å². The maximum absolute atomic E-state index is 12.0. The van der Waals surface area contributed by atoms with Gasteiger partial charge in [-0.3, -0.25) is 4.79 Å². The van der Waals surface area contributed by atoms with Crippen LogP contribution in [0.2, 0.25) is 0 Å². The van der Waals surface area contributed by atoms with Crippen LogP contribution in [-0.2, 0) is 10.2 Å². The summed E-state index contributed by atoms with van der Waals surface area (Å²) >= 11 is 0. The highest BCUT2D eigenvalue weighted by atomic mass is 16.5. The summed E-state index contributed by atoms with van der Waals surface area (Å²) < 4.78 is 5.38. The molecule has 4 nitrogen and oxygen atoms in total. The van der Waals surface area contributed by atoms with Gasteiger partial charge in [0.1, 0.15) is 0 Å². The molecular formula is C19H24N2O2. The van der Waals surface area contributed by atoms with Crippen molar-refractivity contribution < 1.29 is 4.74 Å². The second kappa shape index (κ2) is 6.20. The number of rotatable bonds is 2. The summed E-state index contributed by atoms with van der Waals surface area (Å²) in [5.74, 6) is 0. The molecule has 0 bridgehead atoms. The lowest BCUT2D eigenvalue weighted by molar-refractivity contribution is 0.122. The number of ether oxygens (including phenoxy) is 1. The second-order valence-electron chi connectivity index (χ2n) is 7.04. The number of nitrogens with zero attached hydrogens (tertiary/aromatic N) is 1. The Morgan fingerprint density at radius 3 is 2.30 bits per heavy atom. The van der Waals surface area contributed by atoms with Crippen LogP contribution in [0.15, 0.2) is 41.2 Å². The second-order valence-corrected chi connectivity index (χ2v) is 7.04. The SMILES string of the molecule is CC(C)(C)c1ccc(-c2cc(N3CCOCC3)cc(=O)[nH]2)cc1. The molecule has 1 fully saturated rings. The highest BCUT2D eigenvalue weighted by Gasteiger charge is 2.15. The molecule has 0 amide bonds. The van der Waals surface area contributed by atoms with E-state index in [0.717, 1.165) is 30.0 Å². The molecule has 4 heteroatoms. The zero-order valence-electron chi connectivity index (χ0n) is 14.1. The number of aromatic amines is 1. The molecule has 3 rings (SSSR count). The summed E-state index contributed by atoms with van der Waals surface area (Å²) in [6.45, 7) is 9.66. The summed E-state index contributed by atoms with van der Waals surface area (Å²) in [6.07, 6.45) is 0. The fourth-order valence-corrected chi connectivity index (χ4v) is 2.84. The predicted octanol–water partition coefficient (Wildman–Crippen LogP) is 3.18. The molecule has 0 aliphatic carbocycles. The predicted molar refractivity (Wildman–Crippen MR) is 94.2 cm³/mol. The largest absolute Gasteiger partial charge is 0.378 e. The standard InChI is InChI=1S/C19H24N2O2/c1-19(2,3)15-6-4-14(5-7-15)17-12-16(13-18(22)20-17)21-8-10-23-11-9-21/h4-7,12-13H,8-11H2,1-3H3,(H,20,22). The lowest BCUT2D eigenvalue weighted by Crippen LogP contribution is -2.36. The first-order valence-electron chi connectivity index (χ1n) is 8.11. The van der Waals surface area contributed by atoms with Gasteiger partial charge in [-0.1, -0.05) is 45.0 Å². The fourth-order valence-electron chi connectivity index (χ4n) is 2.84. The maximum atomic E-state index is 12.0. The van der Waals surface area contributed by atoms with Crippen molar-refractivity contribution in [2.24, 2.45) is 0 Å². The molecule has 1 aliphatic rings.